The fraction of sp³-hybridized carbons (Fsp3) is 0.933. The molecule has 2 heterocycles. The van der Waals surface area contributed by atoms with Crippen LogP contribution in [0.15, 0.2) is 0 Å². The Morgan fingerprint density at radius 1 is 1.05 bits per heavy atom. The Hall–Kier alpha value is -0.610. The molecular weight excluding hydrogens is 238 g/mol. The number of piperidine rings is 1. The van der Waals surface area contributed by atoms with Crippen LogP contribution in [0.5, 0.6) is 0 Å². The van der Waals surface area contributed by atoms with Crippen LogP contribution in [0.1, 0.15) is 39.0 Å². The SMILES string of the molecule is CCCCC(=O)N1CCN(C2CCN(C)CC2)CC1. The molecule has 0 N–H and O–H groups in total. The van der Waals surface area contributed by atoms with Gasteiger partial charge in [0.1, 0.15) is 0 Å². The van der Waals surface area contributed by atoms with Gasteiger partial charge in [0.25, 0.3) is 0 Å². The highest BCUT2D eigenvalue weighted by molar-refractivity contribution is 5.76. The summed E-state index contributed by atoms with van der Waals surface area (Å²) in [5.41, 5.74) is 0. The third-order valence-electron chi connectivity index (χ3n) is 4.62. The maximum absolute atomic E-state index is 12.0. The number of amides is 1. The van der Waals surface area contributed by atoms with E-state index in [1.807, 2.05) is 0 Å². The van der Waals surface area contributed by atoms with Crippen molar-refractivity contribution < 1.29 is 4.79 Å². The van der Waals surface area contributed by atoms with Crippen molar-refractivity contribution in [3.8, 4) is 0 Å². The van der Waals surface area contributed by atoms with Crippen LogP contribution in [0.3, 0.4) is 0 Å². The summed E-state index contributed by atoms with van der Waals surface area (Å²) in [6.45, 7) is 8.62. The summed E-state index contributed by atoms with van der Waals surface area (Å²) in [5, 5.41) is 0. The number of carbonyl (C=O) groups is 1. The van der Waals surface area contributed by atoms with Gasteiger partial charge in [-0.25, -0.2) is 0 Å². The van der Waals surface area contributed by atoms with Crippen molar-refractivity contribution >= 4 is 5.91 Å². The van der Waals surface area contributed by atoms with Gasteiger partial charge in [-0.15, -0.1) is 0 Å². The predicted octanol–water partition coefficient (Wildman–Crippen LogP) is 1.42. The zero-order chi connectivity index (χ0) is 13.7. The molecule has 0 saturated carbocycles. The van der Waals surface area contributed by atoms with Gasteiger partial charge in [-0.05, 0) is 39.4 Å². The first kappa shape index (κ1) is 14.8. The predicted molar refractivity (Wildman–Crippen MR) is 78.2 cm³/mol. The largest absolute Gasteiger partial charge is 0.340 e. The molecular formula is C15H29N3O. The van der Waals surface area contributed by atoms with Crippen molar-refractivity contribution in [2.24, 2.45) is 0 Å². The average molecular weight is 267 g/mol. The lowest BCUT2D eigenvalue weighted by molar-refractivity contribution is -0.133. The maximum atomic E-state index is 12.0. The number of hydrogen-bond acceptors (Lipinski definition) is 3. The van der Waals surface area contributed by atoms with E-state index in [1.54, 1.807) is 0 Å². The lowest BCUT2D eigenvalue weighted by Gasteiger charge is -2.42. The fourth-order valence-corrected chi connectivity index (χ4v) is 3.18. The van der Waals surface area contributed by atoms with Crippen molar-refractivity contribution in [1.29, 1.82) is 0 Å². The van der Waals surface area contributed by atoms with E-state index >= 15 is 0 Å². The van der Waals surface area contributed by atoms with Crippen LogP contribution in [-0.2, 0) is 4.79 Å². The Labute approximate surface area is 117 Å². The standard InChI is InChI=1S/C15H29N3O/c1-3-4-5-15(19)18-12-10-17(11-13-18)14-6-8-16(2)9-7-14/h14H,3-13H2,1-2H3. The Kier molecular flexibility index (Phi) is 5.64. The quantitative estimate of drug-likeness (QED) is 0.771. The van der Waals surface area contributed by atoms with Crippen molar-refractivity contribution in [2.75, 3.05) is 46.3 Å². The summed E-state index contributed by atoms with van der Waals surface area (Å²) in [6.07, 6.45) is 5.47. The summed E-state index contributed by atoms with van der Waals surface area (Å²) in [4.78, 5) is 19.1. The van der Waals surface area contributed by atoms with Crippen LogP contribution >= 0.6 is 0 Å². The average Bonchev–Trinajstić information content (AvgIpc) is 2.46. The molecule has 0 atom stereocenters. The highest BCUT2D eigenvalue weighted by Crippen LogP contribution is 2.17. The van der Waals surface area contributed by atoms with E-state index in [9.17, 15) is 4.79 Å². The summed E-state index contributed by atoms with van der Waals surface area (Å²) >= 11 is 0. The third kappa shape index (κ3) is 4.18. The van der Waals surface area contributed by atoms with Gasteiger partial charge < -0.3 is 9.80 Å². The van der Waals surface area contributed by atoms with E-state index in [-0.39, 0.29) is 0 Å². The number of rotatable bonds is 4. The second-order valence-electron chi connectivity index (χ2n) is 6.05. The van der Waals surface area contributed by atoms with E-state index in [0.717, 1.165) is 51.5 Å². The lowest BCUT2D eigenvalue weighted by Crippen LogP contribution is -2.54. The van der Waals surface area contributed by atoms with Crippen LogP contribution in [0, 0.1) is 0 Å². The van der Waals surface area contributed by atoms with Crippen molar-refractivity contribution in [1.82, 2.24) is 14.7 Å². The van der Waals surface area contributed by atoms with Crippen LogP contribution in [-0.4, -0.2) is 73.0 Å². The van der Waals surface area contributed by atoms with Crippen LogP contribution in [0.2, 0.25) is 0 Å². The second-order valence-corrected chi connectivity index (χ2v) is 6.05. The van der Waals surface area contributed by atoms with E-state index in [4.69, 9.17) is 0 Å². The van der Waals surface area contributed by atoms with Crippen LogP contribution < -0.4 is 0 Å². The molecule has 2 saturated heterocycles. The number of hydrogen-bond donors (Lipinski definition) is 0. The Bertz CT molecular complexity index is 279. The van der Waals surface area contributed by atoms with Crippen molar-refractivity contribution in [3.05, 3.63) is 0 Å². The van der Waals surface area contributed by atoms with E-state index in [0.29, 0.717) is 5.91 Å². The molecule has 0 radical (unpaired) electrons. The first-order valence-electron chi connectivity index (χ1n) is 7.91. The second kappa shape index (κ2) is 7.25. The monoisotopic (exact) mass is 267 g/mol. The third-order valence-corrected chi connectivity index (χ3v) is 4.62. The number of unbranched alkanes of at least 4 members (excludes halogenated alkanes) is 1. The van der Waals surface area contributed by atoms with Gasteiger partial charge in [-0.3, -0.25) is 9.69 Å². The summed E-state index contributed by atoms with van der Waals surface area (Å²) in [5.74, 6) is 0.366. The first-order chi connectivity index (χ1) is 9.20. The molecule has 110 valence electrons. The maximum Gasteiger partial charge on any atom is 0.222 e. The van der Waals surface area contributed by atoms with Gasteiger partial charge in [0.2, 0.25) is 5.91 Å². The van der Waals surface area contributed by atoms with Crippen molar-refractivity contribution in [3.63, 3.8) is 0 Å². The minimum absolute atomic E-state index is 0.366. The molecule has 4 nitrogen and oxygen atoms in total. The molecule has 0 aliphatic carbocycles. The zero-order valence-corrected chi connectivity index (χ0v) is 12.6. The van der Waals surface area contributed by atoms with E-state index in [2.05, 4.69) is 28.7 Å². The lowest BCUT2D eigenvalue weighted by atomic mass is 10.0. The molecule has 0 unspecified atom stereocenters. The van der Waals surface area contributed by atoms with Crippen molar-refractivity contribution in [2.45, 2.75) is 45.1 Å². The first-order valence-corrected chi connectivity index (χ1v) is 7.91. The molecule has 0 aromatic carbocycles. The van der Waals surface area contributed by atoms with E-state index in [1.165, 1.54) is 25.9 Å². The van der Waals surface area contributed by atoms with Gasteiger partial charge in [0.15, 0.2) is 0 Å². The van der Waals surface area contributed by atoms with Gasteiger partial charge >= 0.3 is 0 Å². The highest BCUT2D eigenvalue weighted by atomic mass is 16.2. The molecule has 2 rings (SSSR count). The molecule has 2 aliphatic heterocycles. The fourth-order valence-electron chi connectivity index (χ4n) is 3.18. The molecule has 2 aliphatic rings. The molecule has 0 bridgehead atoms. The van der Waals surface area contributed by atoms with Crippen LogP contribution in [0.4, 0.5) is 0 Å². The topological polar surface area (TPSA) is 26.8 Å². The van der Waals surface area contributed by atoms with E-state index < -0.39 is 0 Å². The number of nitrogens with zero attached hydrogens (tertiary/aromatic N) is 3. The molecule has 1 amide bonds. The Morgan fingerprint density at radius 3 is 2.26 bits per heavy atom. The number of piperazine rings is 1. The highest BCUT2D eigenvalue weighted by Gasteiger charge is 2.27. The minimum atomic E-state index is 0.366. The minimum Gasteiger partial charge on any atom is -0.340 e. The summed E-state index contributed by atoms with van der Waals surface area (Å²) in [7, 11) is 2.21. The smallest absolute Gasteiger partial charge is 0.222 e. The van der Waals surface area contributed by atoms with Crippen LogP contribution in [0.25, 0.3) is 0 Å². The van der Waals surface area contributed by atoms with Gasteiger partial charge in [-0.2, -0.15) is 0 Å². The molecule has 0 spiro atoms. The van der Waals surface area contributed by atoms with Gasteiger partial charge in [-0.1, -0.05) is 13.3 Å². The molecule has 2 fully saturated rings. The van der Waals surface area contributed by atoms with Gasteiger partial charge in [0, 0.05) is 38.6 Å². The zero-order valence-electron chi connectivity index (χ0n) is 12.6. The number of carbonyl (C=O) groups excluding carboxylic acids is 1. The summed E-state index contributed by atoms with van der Waals surface area (Å²) in [6, 6.07) is 0.754. The Morgan fingerprint density at radius 2 is 1.68 bits per heavy atom. The normalized spacial score (nSPS) is 23.8. The van der Waals surface area contributed by atoms with Gasteiger partial charge in [0.05, 0.1) is 0 Å². The molecule has 4 heteroatoms. The summed E-state index contributed by atoms with van der Waals surface area (Å²) < 4.78 is 0. The Balaban J connectivity index is 1.71. The molecule has 0 aromatic heterocycles. The number of likely N-dealkylation sites (tertiary alicyclic amines) is 1. The molecule has 19 heavy (non-hydrogen) atoms. The molecule has 0 aromatic rings.